The van der Waals surface area contributed by atoms with Crippen LogP contribution in [0.3, 0.4) is 0 Å². The second-order valence-electron chi connectivity index (χ2n) is 3.56. The van der Waals surface area contributed by atoms with Crippen molar-refractivity contribution in [1.82, 2.24) is 0 Å². The fraction of sp³-hybridized carbons (Fsp3) is 0.333. The first-order valence-electron chi connectivity index (χ1n) is 5.29. The molecular weight excluding hydrogens is 246 g/mol. The van der Waals surface area contributed by atoms with Crippen LogP contribution >= 0.6 is 0 Å². The lowest BCUT2D eigenvalue weighted by Crippen LogP contribution is -2.28. The third kappa shape index (κ3) is 3.26. The van der Waals surface area contributed by atoms with E-state index in [1.54, 1.807) is 0 Å². The summed E-state index contributed by atoms with van der Waals surface area (Å²) in [6.45, 7) is 1.55. The zero-order chi connectivity index (χ0) is 13.7. The first kappa shape index (κ1) is 14.1. The average molecular weight is 258 g/mol. The van der Waals surface area contributed by atoms with E-state index < -0.39 is 35.9 Å². The van der Waals surface area contributed by atoms with Crippen molar-refractivity contribution >= 4 is 11.9 Å². The van der Waals surface area contributed by atoms with E-state index in [4.69, 9.17) is 5.11 Å². The molecule has 0 aliphatic carbocycles. The summed E-state index contributed by atoms with van der Waals surface area (Å²) < 4.78 is 30.9. The minimum Gasteiger partial charge on any atom is -0.481 e. The first-order chi connectivity index (χ1) is 8.47. The van der Waals surface area contributed by atoms with Gasteiger partial charge in [0.2, 0.25) is 0 Å². The Kier molecular flexibility index (Phi) is 4.76. The molecule has 1 unspecified atom stereocenters. The number of hydrogen-bond acceptors (Lipinski definition) is 3. The predicted molar refractivity (Wildman–Crippen MR) is 57.8 cm³/mol. The van der Waals surface area contributed by atoms with Gasteiger partial charge in [0, 0.05) is 0 Å². The van der Waals surface area contributed by atoms with Gasteiger partial charge in [0.15, 0.2) is 17.6 Å². The number of halogens is 2. The molecule has 1 aromatic carbocycles. The van der Waals surface area contributed by atoms with Gasteiger partial charge in [0.05, 0.1) is 6.61 Å². The molecule has 98 valence electrons. The highest BCUT2D eigenvalue weighted by atomic mass is 19.2. The lowest BCUT2D eigenvalue weighted by atomic mass is 9.99. The van der Waals surface area contributed by atoms with Crippen molar-refractivity contribution in [2.45, 2.75) is 13.3 Å². The summed E-state index contributed by atoms with van der Waals surface area (Å²) in [4.78, 5) is 22.3. The molecule has 0 aliphatic rings. The summed E-state index contributed by atoms with van der Waals surface area (Å²) in [5, 5.41) is 8.87. The van der Waals surface area contributed by atoms with E-state index in [0.717, 1.165) is 6.07 Å². The minimum absolute atomic E-state index is 0.0221. The predicted octanol–water partition coefficient (Wildman–Crippen LogP) is 1.77. The van der Waals surface area contributed by atoms with Crippen molar-refractivity contribution in [2.24, 2.45) is 5.92 Å². The Hall–Kier alpha value is -1.98. The Bertz CT molecular complexity index is 459. The highest BCUT2D eigenvalue weighted by Crippen LogP contribution is 2.17. The van der Waals surface area contributed by atoms with Crippen LogP contribution in [0.1, 0.15) is 12.5 Å². The monoisotopic (exact) mass is 258 g/mol. The van der Waals surface area contributed by atoms with E-state index in [1.807, 2.05) is 0 Å². The van der Waals surface area contributed by atoms with Crippen LogP contribution in [0.25, 0.3) is 0 Å². The summed E-state index contributed by atoms with van der Waals surface area (Å²) in [5.41, 5.74) is -0.171. The molecule has 0 amide bonds. The molecular formula is C12H12F2O4. The standard InChI is InChI=1S/C12H12F2O4/c1-2-18-12(17)8(11(15)16)6-7-4-3-5-9(13)10(7)14/h3-5,8H,2,6H2,1H3,(H,15,16). The van der Waals surface area contributed by atoms with Crippen LogP contribution in [0, 0.1) is 17.6 Å². The van der Waals surface area contributed by atoms with Crippen LogP contribution in [0.2, 0.25) is 0 Å². The molecule has 0 spiro atoms. The second-order valence-corrected chi connectivity index (χ2v) is 3.56. The molecule has 0 aliphatic heterocycles. The molecule has 1 rings (SSSR count). The summed E-state index contributed by atoms with van der Waals surface area (Å²) in [6.07, 6.45) is -0.447. The van der Waals surface area contributed by atoms with Gasteiger partial charge in [0.25, 0.3) is 0 Å². The molecule has 0 radical (unpaired) electrons. The van der Waals surface area contributed by atoms with Gasteiger partial charge in [-0.25, -0.2) is 8.78 Å². The number of ether oxygens (including phenoxy) is 1. The molecule has 0 saturated carbocycles. The summed E-state index contributed by atoms with van der Waals surface area (Å²) in [6, 6.07) is 3.39. The topological polar surface area (TPSA) is 63.6 Å². The lowest BCUT2D eigenvalue weighted by Gasteiger charge is -2.11. The highest BCUT2D eigenvalue weighted by Gasteiger charge is 2.29. The van der Waals surface area contributed by atoms with Gasteiger partial charge in [-0.1, -0.05) is 12.1 Å². The van der Waals surface area contributed by atoms with E-state index in [9.17, 15) is 18.4 Å². The number of carbonyl (C=O) groups excluding carboxylic acids is 1. The fourth-order valence-corrected chi connectivity index (χ4v) is 1.44. The molecule has 0 heterocycles. The lowest BCUT2D eigenvalue weighted by molar-refractivity contribution is -0.158. The SMILES string of the molecule is CCOC(=O)C(Cc1cccc(F)c1F)C(=O)O. The molecule has 1 N–H and O–H groups in total. The molecule has 0 bridgehead atoms. The van der Waals surface area contributed by atoms with E-state index in [2.05, 4.69) is 4.74 Å². The molecule has 0 saturated heterocycles. The Labute approximate surface area is 102 Å². The third-order valence-electron chi connectivity index (χ3n) is 2.32. The van der Waals surface area contributed by atoms with Gasteiger partial charge in [-0.15, -0.1) is 0 Å². The molecule has 18 heavy (non-hydrogen) atoms. The fourth-order valence-electron chi connectivity index (χ4n) is 1.44. The maximum absolute atomic E-state index is 13.4. The average Bonchev–Trinajstić information content (AvgIpc) is 2.30. The Morgan fingerprint density at radius 1 is 1.39 bits per heavy atom. The van der Waals surface area contributed by atoms with Crippen molar-refractivity contribution in [3.05, 3.63) is 35.4 Å². The van der Waals surface area contributed by atoms with Crippen LogP contribution in [-0.4, -0.2) is 23.7 Å². The van der Waals surface area contributed by atoms with Gasteiger partial charge in [0.1, 0.15) is 0 Å². The van der Waals surface area contributed by atoms with Gasteiger partial charge in [-0.3, -0.25) is 9.59 Å². The number of carbonyl (C=O) groups is 2. The van der Waals surface area contributed by atoms with Crippen LogP contribution < -0.4 is 0 Å². The molecule has 4 nitrogen and oxygen atoms in total. The molecule has 1 aromatic rings. The maximum Gasteiger partial charge on any atom is 0.320 e. The van der Waals surface area contributed by atoms with Crippen molar-refractivity contribution < 1.29 is 28.2 Å². The quantitative estimate of drug-likeness (QED) is 0.645. The van der Waals surface area contributed by atoms with Crippen LogP contribution in [0.15, 0.2) is 18.2 Å². The van der Waals surface area contributed by atoms with Gasteiger partial charge in [-0.05, 0) is 25.0 Å². The number of rotatable bonds is 5. The molecule has 1 atom stereocenters. The van der Waals surface area contributed by atoms with E-state index >= 15 is 0 Å². The van der Waals surface area contributed by atoms with E-state index in [0.29, 0.717) is 0 Å². The summed E-state index contributed by atoms with van der Waals surface area (Å²) in [7, 11) is 0. The largest absolute Gasteiger partial charge is 0.481 e. The normalized spacial score (nSPS) is 11.9. The third-order valence-corrected chi connectivity index (χ3v) is 2.32. The van der Waals surface area contributed by atoms with Crippen molar-refractivity contribution in [2.75, 3.05) is 6.61 Å². The molecule has 0 fully saturated rings. The van der Waals surface area contributed by atoms with Gasteiger partial charge >= 0.3 is 11.9 Å². The van der Waals surface area contributed by atoms with Crippen molar-refractivity contribution in [1.29, 1.82) is 0 Å². The van der Waals surface area contributed by atoms with Crippen LogP contribution in [0.4, 0.5) is 8.78 Å². The first-order valence-corrected chi connectivity index (χ1v) is 5.29. The smallest absolute Gasteiger partial charge is 0.320 e. The number of carboxylic acid groups (broad SMARTS) is 1. The number of benzene rings is 1. The Morgan fingerprint density at radius 2 is 2.06 bits per heavy atom. The van der Waals surface area contributed by atoms with E-state index in [-0.39, 0.29) is 12.2 Å². The zero-order valence-corrected chi connectivity index (χ0v) is 9.65. The zero-order valence-electron chi connectivity index (χ0n) is 9.65. The number of aliphatic carboxylic acids is 1. The van der Waals surface area contributed by atoms with Crippen molar-refractivity contribution in [3.8, 4) is 0 Å². The highest BCUT2D eigenvalue weighted by molar-refractivity contribution is 5.94. The Balaban J connectivity index is 2.94. The number of esters is 1. The molecule has 0 aromatic heterocycles. The van der Waals surface area contributed by atoms with Crippen LogP contribution in [-0.2, 0) is 20.7 Å². The van der Waals surface area contributed by atoms with Gasteiger partial charge in [-0.2, -0.15) is 0 Å². The van der Waals surface area contributed by atoms with Gasteiger partial charge < -0.3 is 9.84 Å². The Morgan fingerprint density at radius 3 is 2.61 bits per heavy atom. The van der Waals surface area contributed by atoms with E-state index in [1.165, 1.54) is 19.1 Å². The number of hydrogen-bond donors (Lipinski definition) is 1. The minimum atomic E-state index is -1.54. The molecule has 6 heteroatoms. The summed E-state index contributed by atoms with van der Waals surface area (Å²) in [5.74, 6) is -6.17. The van der Waals surface area contributed by atoms with Crippen molar-refractivity contribution in [3.63, 3.8) is 0 Å². The second kappa shape index (κ2) is 6.09. The number of carboxylic acids is 1. The maximum atomic E-state index is 13.4. The van der Waals surface area contributed by atoms with Crippen LogP contribution in [0.5, 0.6) is 0 Å². The summed E-state index contributed by atoms with van der Waals surface area (Å²) >= 11 is 0.